The summed E-state index contributed by atoms with van der Waals surface area (Å²) in [6.45, 7) is 19.9. The van der Waals surface area contributed by atoms with Crippen molar-refractivity contribution in [1.82, 2.24) is 0 Å². The Balaban J connectivity index is 0.00000480. The van der Waals surface area contributed by atoms with Gasteiger partial charge in [-0.05, 0) is 72.6 Å². The smallest absolute Gasteiger partial charge is 0.162 e. The van der Waals surface area contributed by atoms with Gasteiger partial charge < -0.3 is 0 Å². The second kappa shape index (κ2) is 9.94. The summed E-state index contributed by atoms with van der Waals surface area (Å²) >= 11 is 0. The molecule has 0 atom stereocenters. The first-order valence-corrected chi connectivity index (χ1v) is 11.7. The Labute approximate surface area is 186 Å². The fourth-order valence-corrected chi connectivity index (χ4v) is 4.50. The normalized spacial score (nSPS) is 18.1. The summed E-state index contributed by atoms with van der Waals surface area (Å²) in [5.74, 6) is 0.205. The van der Waals surface area contributed by atoms with Gasteiger partial charge in [0.15, 0.2) is 5.78 Å². The van der Waals surface area contributed by atoms with Crippen molar-refractivity contribution in [1.29, 1.82) is 0 Å². The molecule has 1 heteroatoms. The molecule has 0 aromatic heterocycles. The molecular formula is C29H44O. The SMILES string of the molecule is C=C/C(=C\C=C(/C)Cc1cc2c(cc1C)C(C)(C)CCC2(C)C)C(=O)CCCCC.[HH]. The van der Waals surface area contributed by atoms with Crippen LogP contribution in [0.1, 0.15) is 104 Å². The molecule has 166 valence electrons. The van der Waals surface area contributed by atoms with E-state index >= 15 is 0 Å². The minimum Gasteiger partial charge on any atom is -0.294 e. The van der Waals surface area contributed by atoms with Crippen molar-refractivity contribution in [2.75, 3.05) is 0 Å². The van der Waals surface area contributed by atoms with Crippen LogP contribution in [0.4, 0.5) is 0 Å². The van der Waals surface area contributed by atoms with E-state index in [0.717, 1.165) is 31.3 Å². The summed E-state index contributed by atoms with van der Waals surface area (Å²) in [5, 5.41) is 0. The van der Waals surface area contributed by atoms with Crippen LogP contribution in [0.25, 0.3) is 0 Å². The highest BCUT2D eigenvalue weighted by molar-refractivity contribution is 5.98. The Morgan fingerprint density at radius 1 is 1.07 bits per heavy atom. The topological polar surface area (TPSA) is 17.1 Å². The van der Waals surface area contributed by atoms with E-state index in [0.29, 0.717) is 6.42 Å². The molecule has 30 heavy (non-hydrogen) atoms. The van der Waals surface area contributed by atoms with Gasteiger partial charge in [-0.15, -0.1) is 0 Å². The molecule has 1 aromatic carbocycles. The maximum absolute atomic E-state index is 12.4. The van der Waals surface area contributed by atoms with Gasteiger partial charge in [-0.3, -0.25) is 4.79 Å². The summed E-state index contributed by atoms with van der Waals surface area (Å²) in [5.41, 5.74) is 8.28. The van der Waals surface area contributed by atoms with E-state index in [1.807, 2.05) is 6.08 Å². The third kappa shape index (κ3) is 5.84. The van der Waals surface area contributed by atoms with Crippen LogP contribution in [0, 0.1) is 6.92 Å². The van der Waals surface area contributed by atoms with Crippen LogP contribution in [0.2, 0.25) is 0 Å². The van der Waals surface area contributed by atoms with Crippen LogP contribution in [-0.2, 0) is 22.0 Å². The number of ketones is 1. The number of hydrogen-bond acceptors (Lipinski definition) is 1. The molecule has 1 nitrogen and oxygen atoms in total. The Bertz CT molecular complexity index is 852. The van der Waals surface area contributed by atoms with Crippen molar-refractivity contribution in [2.24, 2.45) is 0 Å². The number of allylic oxidation sites excluding steroid dienone is 5. The van der Waals surface area contributed by atoms with E-state index in [-0.39, 0.29) is 18.0 Å². The van der Waals surface area contributed by atoms with Gasteiger partial charge >= 0.3 is 0 Å². The van der Waals surface area contributed by atoms with Crippen molar-refractivity contribution >= 4 is 5.78 Å². The van der Waals surface area contributed by atoms with Crippen molar-refractivity contribution in [3.8, 4) is 0 Å². The number of benzene rings is 1. The maximum Gasteiger partial charge on any atom is 0.162 e. The Hall–Kier alpha value is -1.89. The van der Waals surface area contributed by atoms with Crippen LogP contribution in [-0.4, -0.2) is 5.78 Å². The largest absolute Gasteiger partial charge is 0.294 e. The zero-order valence-corrected chi connectivity index (χ0v) is 20.5. The molecule has 0 saturated heterocycles. The molecule has 0 amide bonds. The van der Waals surface area contributed by atoms with Crippen molar-refractivity contribution in [2.45, 2.75) is 104 Å². The van der Waals surface area contributed by atoms with Gasteiger partial charge in [-0.2, -0.15) is 0 Å². The van der Waals surface area contributed by atoms with E-state index in [1.165, 1.54) is 40.7 Å². The molecular weight excluding hydrogens is 364 g/mol. The van der Waals surface area contributed by atoms with Crippen LogP contribution in [0.3, 0.4) is 0 Å². The van der Waals surface area contributed by atoms with Crippen LogP contribution < -0.4 is 0 Å². The van der Waals surface area contributed by atoms with Crippen molar-refractivity contribution < 1.29 is 6.22 Å². The summed E-state index contributed by atoms with van der Waals surface area (Å²) in [7, 11) is 0. The Morgan fingerprint density at radius 3 is 2.23 bits per heavy atom. The molecule has 1 aliphatic rings. The van der Waals surface area contributed by atoms with Gasteiger partial charge in [-0.25, -0.2) is 0 Å². The predicted octanol–water partition coefficient (Wildman–Crippen LogP) is 8.34. The number of carbonyl (C=O) groups is 1. The van der Waals surface area contributed by atoms with E-state index < -0.39 is 0 Å². The number of rotatable bonds is 9. The second-order valence-electron chi connectivity index (χ2n) is 10.5. The molecule has 1 aromatic rings. The average Bonchev–Trinajstić information content (AvgIpc) is 2.67. The lowest BCUT2D eigenvalue weighted by molar-refractivity contribution is -0.115. The first-order valence-electron chi connectivity index (χ1n) is 11.7. The standard InChI is InChI=1S/C29H42O.H2/c1-9-11-12-13-27(30)23(10-2)15-14-21(3)18-24-20-26-25(19-22(24)4)28(5,6)16-17-29(26,7)8;/h10,14-15,19-20H,2,9,11-13,16-18H2,1,3-8H3;1H/b21-14+,23-15+;. The highest BCUT2D eigenvalue weighted by Crippen LogP contribution is 2.46. The molecule has 0 heterocycles. The summed E-state index contributed by atoms with van der Waals surface area (Å²) in [6, 6.07) is 4.89. The highest BCUT2D eigenvalue weighted by Gasteiger charge is 2.37. The van der Waals surface area contributed by atoms with E-state index in [1.54, 1.807) is 6.08 Å². The number of hydrogen-bond donors (Lipinski definition) is 0. The van der Waals surface area contributed by atoms with Gasteiger partial charge in [0.2, 0.25) is 0 Å². The molecule has 0 fully saturated rings. The fraction of sp³-hybridized carbons (Fsp3) is 0.552. The van der Waals surface area contributed by atoms with Crippen molar-refractivity contribution in [3.63, 3.8) is 0 Å². The monoisotopic (exact) mass is 408 g/mol. The van der Waals surface area contributed by atoms with Crippen LogP contribution in [0.15, 0.2) is 48.1 Å². The van der Waals surface area contributed by atoms with Gasteiger partial charge in [-0.1, -0.05) is 90.0 Å². The fourth-order valence-electron chi connectivity index (χ4n) is 4.50. The summed E-state index contributed by atoms with van der Waals surface area (Å²) in [4.78, 5) is 12.4. The van der Waals surface area contributed by atoms with Gasteiger partial charge in [0.05, 0.1) is 0 Å². The number of aryl methyl sites for hydroxylation is 1. The van der Waals surface area contributed by atoms with Gasteiger partial charge in [0.1, 0.15) is 0 Å². The van der Waals surface area contributed by atoms with E-state index in [4.69, 9.17) is 0 Å². The average molecular weight is 409 g/mol. The third-order valence-electron chi connectivity index (χ3n) is 6.88. The number of fused-ring (bicyclic) bond motifs is 1. The minimum atomic E-state index is 0. The zero-order valence-electron chi connectivity index (χ0n) is 20.5. The first kappa shape index (κ1) is 24.4. The molecule has 0 aliphatic heterocycles. The zero-order chi connectivity index (χ0) is 22.5. The highest BCUT2D eigenvalue weighted by atomic mass is 16.1. The molecule has 0 bridgehead atoms. The number of carbonyl (C=O) groups excluding carboxylic acids is 1. The Morgan fingerprint density at radius 2 is 1.67 bits per heavy atom. The minimum absolute atomic E-state index is 0. The molecule has 0 unspecified atom stereocenters. The molecule has 0 spiro atoms. The summed E-state index contributed by atoms with van der Waals surface area (Å²) in [6.07, 6.45) is 13.0. The third-order valence-corrected chi connectivity index (χ3v) is 6.88. The van der Waals surface area contributed by atoms with Gasteiger partial charge in [0.25, 0.3) is 0 Å². The lowest BCUT2D eigenvalue weighted by atomic mass is 9.62. The van der Waals surface area contributed by atoms with Crippen LogP contribution in [0.5, 0.6) is 0 Å². The first-order chi connectivity index (χ1) is 14.0. The predicted molar refractivity (Wildman–Crippen MR) is 133 cm³/mol. The number of unbranched alkanes of at least 4 members (excludes halogenated alkanes) is 2. The van der Waals surface area contributed by atoms with E-state index in [2.05, 4.69) is 73.3 Å². The summed E-state index contributed by atoms with van der Waals surface area (Å²) < 4.78 is 0. The second-order valence-corrected chi connectivity index (χ2v) is 10.5. The quantitative estimate of drug-likeness (QED) is 0.228. The molecule has 0 radical (unpaired) electrons. The van der Waals surface area contributed by atoms with Crippen LogP contribution >= 0.6 is 0 Å². The van der Waals surface area contributed by atoms with Gasteiger partial charge in [0, 0.05) is 13.4 Å². The Kier molecular flexibility index (Phi) is 8.08. The lowest BCUT2D eigenvalue weighted by Crippen LogP contribution is -2.34. The molecule has 1 aliphatic carbocycles. The molecule has 0 N–H and O–H groups in total. The molecule has 0 saturated carbocycles. The maximum atomic E-state index is 12.4. The lowest BCUT2D eigenvalue weighted by Gasteiger charge is -2.42. The molecule has 2 rings (SSSR count). The number of Topliss-reactive ketones (excluding diaryl/α,β-unsaturated/α-hetero) is 1. The van der Waals surface area contributed by atoms with E-state index in [9.17, 15) is 4.79 Å². The van der Waals surface area contributed by atoms with Crippen molar-refractivity contribution in [3.05, 3.63) is 70.3 Å².